The highest BCUT2D eigenvalue weighted by Crippen LogP contribution is 2.15. The molecule has 96 valence electrons. The van der Waals surface area contributed by atoms with Crippen LogP contribution in [0, 0.1) is 0 Å². The van der Waals surface area contributed by atoms with Crippen LogP contribution < -0.4 is 5.32 Å². The molecule has 2 atom stereocenters. The Kier molecular flexibility index (Phi) is 4.91. The fraction of sp³-hybridized carbons (Fsp3) is 0.750. The molecule has 1 aliphatic rings. The average Bonchev–Trinajstić information content (AvgIpc) is 2.81. The molecule has 2 heterocycles. The van der Waals surface area contributed by atoms with Crippen LogP contribution in [0.2, 0.25) is 0 Å². The van der Waals surface area contributed by atoms with Crippen LogP contribution in [-0.4, -0.2) is 55.3 Å². The lowest BCUT2D eigenvalue weighted by Gasteiger charge is -2.35. The molecule has 1 saturated heterocycles. The zero-order valence-electron chi connectivity index (χ0n) is 10.6. The van der Waals surface area contributed by atoms with Gasteiger partial charge in [-0.3, -0.25) is 4.98 Å². The molecular formula is C12H21N3OS. The van der Waals surface area contributed by atoms with Gasteiger partial charge in [-0.05, 0) is 13.6 Å². The Hall–Kier alpha value is -0.490. The molecule has 0 aliphatic carbocycles. The predicted molar refractivity (Wildman–Crippen MR) is 70.5 cm³/mol. The molecule has 0 radical (unpaired) electrons. The van der Waals surface area contributed by atoms with Crippen LogP contribution in [0.25, 0.3) is 0 Å². The van der Waals surface area contributed by atoms with Crippen molar-refractivity contribution in [2.24, 2.45) is 0 Å². The Balaban J connectivity index is 1.95. The van der Waals surface area contributed by atoms with Crippen LogP contribution in [0.3, 0.4) is 0 Å². The summed E-state index contributed by atoms with van der Waals surface area (Å²) in [6.45, 7) is 6.01. The summed E-state index contributed by atoms with van der Waals surface area (Å²) in [5.41, 5.74) is 1.90. The number of rotatable bonds is 5. The fourth-order valence-corrected chi connectivity index (χ4v) is 2.87. The van der Waals surface area contributed by atoms with Crippen molar-refractivity contribution in [3.8, 4) is 0 Å². The summed E-state index contributed by atoms with van der Waals surface area (Å²) in [6.07, 6.45) is 3.26. The predicted octanol–water partition coefficient (Wildman–Crippen LogP) is 0.994. The maximum atomic E-state index is 5.89. The van der Waals surface area contributed by atoms with E-state index in [1.165, 1.54) is 4.88 Å². The molecule has 1 aromatic rings. The van der Waals surface area contributed by atoms with Crippen molar-refractivity contribution in [2.45, 2.75) is 25.5 Å². The van der Waals surface area contributed by atoms with E-state index in [0.717, 1.165) is 32.7 Å². The molecule has 0 bridgehead atoms. The lowest BCUT2D eigenvalue weighted by molar-refractivity contribution is -0.0380. The minimum absolute atomic E-state index is 0.288. The van der Waals surface area contributed by atoms with E-state index in [1.54, 1.807) is 11.3 Å². The second-order valence-corrected chi connectivity index (χ2v) is 5.48. The van der Waals surface area contributed by atoms with Crippen molar-refractivity contribution in [3.05, 3.63) is 16.6 Å². The molecule has 1 aliphatic heterocycles. The normalized spacial score (nSPS) is 23.8. The Morgan fingerprint density at radius 3 is 3.24 bits per heavy atom. The fourth-order valence-electron chi connectivity index (χ4n) is 2.21. The maximum absolute atomic E-state index is 5.89. The van der Waals surface area contributed by atoms with Crippen molar-refractivity contribution >= 4 is 11.3 Å². The highest BCUT2D eigenvalue weighted by atomic mass is 32.1. The molecule has 0 spiro atoms. The van der Waals surface area contributed by atoms with Gasteiger partial charge in [-0.25, -0.2) is 0 Å². The topological polar surface area (TPSA) is 37.4 Å². The van der Waals surface area contributed by atoms with Crippen LogP contribution in [-0.2, 0) is 11.2 Å². The molecule has 0 amide bonds. The molecule has 0 aromatic carbocycles. The molecule has 1 fully saturated rings. The van der Waals surface area contributed by atoms with Crippen molar-refractivity contribution < 1.29 is 4.74 Å². The zero-order chi connectivity index (χ0) is 12.1. The van der Waals surface area contributed by atoms with Crippen LogP contribution in [0.5, 0.6) is 0 Å². The van der Waals surface area contributed by atoms with Gasteiger partial charge < -0.3 is 15.0 Å². The highest BCUT2D eigenvalue weighted by molar-refractivity contribution is 7.09. The molecule has 0 saturated carbocycles. The number of aromatic nitrogens is 1. The van der Waals surface area contributed by atoms with E-state index in [0.29, 0.717) is 6.04 Å². The SMILES string of the molecule is CCNC(Cc1cncs1)C1CN(C)CCO1. The maximum Gasteiger partial charge on any atom is 0.0858 e. The highest BCUT2D eigenvalue weighted by Gasteiger charge is 2.26. The van der Waals surface area contributed by atoms with Crippen LogP contribution in [0.1, 0.15) is 11.8 Å². The Bertz CT molecular complexity index is 318. The first-order valence-electron chi connectivity index (χ1n) is 6.20. The number of nitrogens with one attached hydrogen (secondary N) is 1. The number of hydrogen-bond donors (Lipinski definition) is 1. The van der Waals surface area contributed by atoms with Gasteiger partial charge >= 0.3 is 0 Å². The summed E-state index contributed by atoms with van der Waals surface area (Å²) in [7, 11) is 2.16. The molecule has 5 heteroatoms. The van der Waals surface area contributed by atoms with E-state index in [1.807, 2.05) is 11.7 Å². The molecule has 17 heavy (non-hydrogen) atoms. The first-order chi connectivity index (χ1) is 8.29. The summed E-state index contributed by atoms with van der Waals surface area (Å²) in [6, 6.07) is 0.392. The van der Waals surface area contributed by atoms with Crippen molar-refractivity contribution in [3.63, 3.8) is 0 Å². The van der Waals surface area contributed by atoms with Crippen molar-refractivity contribution in [1.82, 2.24) is 15.2 Å². The van der Waals surface area contributed by atoms with E-state index in [9.17, 15) is 0 Å². The first-order valence-corrected chi connectivity index (χ1v) is 7.08. The van der Waals surface area contributed by atoms with Gasteiger partial charge in [0, 0.05) is 36.6 Å². The van der Waals surface area contributed by atoms with Crippen molar-refractivity contribution in [2.75, 3.05) is 33.3 Å². The molecule has 2 unspecified atom stereocenters. The number of nitrogens with zero attached hydrogens (tertiary/aromatic N) is 2. The summed E-state index contributed by atoms with van der Waals surface area (Å²) in [5.74, 6) is 0. The summed E-state index contributed by atoms with van der Waals surface area (Å²) in [5, 5.41) is 3.54. The Morgan fingerprint density at radius 1 is 1.71 bits per heavy atom. The van der Waals surface area contributed by atoms with E-state index in [4.69, 9.17) is 4.74 Å². The summed E-state index contributed by atoms with van der Waals surface area (Å²) in [4.78, 5) is 7.80. The summed E-state index contributed by atoms with van der Waals surface area (Å²) >= 11 is 1.72. The minimum atomic E-state index is 0.288. The lowest BCUT2D eigenvalue weighted by Crippen LogP contribution is -2.52. The quantitative estimate of drug-likeness (QED) is 0.851. The second-order valence-electron chi connectivity index (χ2n) is 4.51. The number of likely N-dealkylation sites (N-methyl/N-ethyl adjacent to an activating group) is 2. The van der Waals surface area contributed by atoms with Gasteiger partial charge in [0.15, 0.2) is 0 Å². The standard InChI is InChI=1S/C12H21N3OS/c1-3-14-11(6-10-7-13-9-17-10)12-8-15(2)4-5-16-12/h7,9,11-12,14H,3-6,8H2,1-2H3. The van der Waals surface area contributed by atoms with E-state index in [-0.39, 0.29) is 6.10 Å². The van der Waals surface area contributed by atoms with Gasteiger partial charge in [-0.2, -0.15) is 0 Å². The van der Waals surface area contributed by atoms with Gasteiger partial charge in [-0.1, -0.05) is 6.92 Å². The number of thiazole rings is 1. The number of ether oxygens (including phenoxy) is 1. The van der Waals surface area contributed by atoms with Gasteiger partial charge in [0.2, 0.25) is 0 Å². The average molecular weight is 255 g/mol. The minimum Gasteiger partial charge on any atom is -0.374 e. The van der Waals surface area contributed by atoms with Crippen molar-refractivity contribution in [1.29, 1.82) is 0 Å². The summed E-state index contributed by atoms with van der Waals surface area (Å²) < 4.78 is 5.89. The zero-order valence-corrected chi connectivity index (χ0v) is 11.4. The third-order valence-electron chi connectivity index (χ3n) is 3.12. The Labute approximate surface area is 107 Å². The van der Waals surface area contributed by atoms with Gasteiger partial charge in [0.05, 0.1) is 18.2 Å². The van der Waals surface area contributed by atoms with E-state index < -0.39 is 0 Å². The van der Waals surface area contributed by atoms with Gasteiger partial charge in [0.25, 0.3) is 0 Å². The number of morpholine rings is 1. The monoisotopic (exact) mass is 255 g/mol. The molecule has 1 aromatic heterocycles. The van der Waals surface area contributed by atoms with Gasteiger partial charge in [-0.15, -0.1) is 11.3 Å². The third-order valence-corrected chi connectivity index (χ3v) is 3.92. The van der Waals surface area contributed by atoms with E-state index in [2.05, 4.69) is 29.2 Å². The third kappa shape index (κ3) is 3.74. The molecule has 1 N–H and O–H groups in total. The van der Waals surface area contributed by atoms with Gasteiger partial charge in [0.1, 0.15) is 0 Å². The Morgan fingerprint density at radius 2 is 2.59 bits per heavy atom. The lowest BCUT2D eigenvalue weighted by atomic mass is 10.1. The second kappa shape index (κ2) is 6.44. The van der Waals surface area contributed by atoms with Crippen LogP contribution in [0.15, 0.2) is 11.7 Å². The van der Waals surface area contributed by atoms with Crippen LogP contribution in [0.4, 0.5) is 0 Å². The largest absolute Gasteiger partial charge is 0.374 e. The molecular weight excluding hydrogens is 234 g/mol. The van der Waals surface area contributed by atoms with Crippen LogP contribution >= 0.6 is 11.3 Å². The first kappa shape index (κ1) is 13.0. The smallest absolute Gasteiger partial charge is 0.0858 e. The van der Waals surface area contributed by atoms with E-state index >= 15 is 0 Å². The number of hydrogen-bond acceptors (Lipinski definition) is 5. The molecule has 2 rings (SSSR count). The molecule has 4 nitrogen and oxygen atoms in total.